The van der Waals surface area contributed by atoms with Gasteiger partial charge in [0.05, 0.1) is 11.7 Å². The van der Waals surface area contributed by atoms with Crippen LogP contribution in [0.4, 0.5) is 5.69 Å². The maximum Gasteiger partial charge on any atom is 0.241 e. The van der Waals surface area contributed by atoms with E-state index in [0.717, 1.165) is 25.9 Å². The first-order valence-corrected chi connectivity index (χ1v) is 8.90. The molecule has 0 bridgehead atoms. The second-order valence-electron chi connectivity index (χ2n) is 6.76. The highest BCUT2D eigenvalue weighted by molar-refractivity contribution is 6.04. The van der Waals surface area contributed by atoms with Crippen LogP contribution in [0.15, 0.2) is 28.8 Å². The van der Waals surface area contributed by atoms with E-state index < -0.39 is 0 Å². The summed E-state index contributed by atoms with van der Waals surface area (Å²) in [6.07, 6.45) is 1.76. The van der Waals surface area contributed by atoms with Gasteiger partial charge in [-0.15, -0.1) is 0 Å². The highest BCUT2D eigenvalue weighted by Gasteiger charge is 2.30. The van der Waals surface area contributed by atoms with Crippen LogP contribution in [-0.2, 0) is 4.79 Å². The summed E-state index contributed by atoms with van der Waals surface area (Å²) in [5.74, 6) is 1.42. The fourth-order valence-electron chi connectivity index (χ4n) is 3.31. The van der Waals surface area contributed by atoms with E-state index in [0.29, 0.717) is 23.0 Å². The van der Waals surface area contributed by atoms with Crippen molar-refractivity contribution in [2.24, 2.45) is 0 Å². The third-order valence-electron chi connectivity index (χ3n) is 4.91. The summed E-state index contributed by atoms with van der Waals surface area (Å²) in [5, 5.41) is 6.74. The Balaban J connectivity index is 1.59. The summed E-state index contributed by atoms with van der Waals surface area (Å²) in [7, 11) is 0. The second kappa shape index (κ2) is 7.78. The van der Waals surface area contributed by atoms with E-state index in [1.54, 1.807) is 18.2 Å². The van der Waals surface area contributed by atoms with Crippen LogP contribution in [0.2, 0.25) is 0 Å². The van der Waals surface area contributed by atoms with E-state index in [4.69, 9.17) is 4.52 Å². The van der Waals surface area contributed by atoms with Crippen molar-refractivity contribution in [1.29, 1.82) is 0 Å². The molecule has 1 aromatic carbocycles. The Morgan fingerprint density at radius 2 is 1.96 bits per heavy atom. The molecular formula is C19H24N4O3. The van der Waals surface area contributed by atoms with Crippen molar-refractivity contribution in [3.05, 3.63) is 41.5 Å². The molecule has 1 fully saturated rings. The van der Waals surface area contributed by atoms with E-state index in [-0.39, 0.29) is 23.7 Å². The van der Waals surface area contributed by atoms with Crippen molar-refractivity contribution < 1.29 is 14.1 Å². The number of hydrogen-bond acceptors (Lipinski definition) is 6. The van der Waals surface area contributed by atoms with Gasteiger partial charge in [0.1, 0.15) is 0 Å². The smallest absolute Gasteiger partial charge is 0.241 e. The van der Waals surface area contributed by atoms with Gasteiger partial charge in [-0.3, -0.25) is 14.5 Å². The summed E-state index contributed by atoms with van der Waals surface area (Å²) in [6.45, 7) is 6.78. The Kier molecular flexibility index (Phi) is 5.46. The third kappa shape index (κ3) is 3.99. The third-order valence-corrected chi connectivity index (χ3v) is 4.91. The molecule has 26 heavy (non-hydrogen) atoms. The first-order chi connectivity index (χ1) is 12.5. The number of rotatable bonds is 5. The molecule has 0 saturated carbocycles. The number of amides is 1. The molecule has 138 valence electrons. The lowest BCUT2D eigenvalue weighted by Crippen LogP contribution is -2.45. The van der Waals surface area contributed by atoms with E-state index in [1.165, 1.54) is 6.92 Å². The van der Waals surface area contributed by atoms with Gasteiger partial charge in [-0.05, 0) is 58.8 Å². The number of nitrogens with one attached hydrogen (secondary N) is 1. The van der Waals surface area contributed by atoms with Gasteiger partial charge in [0.15, 0.2) is 11.6 Å². The van der Waals surface area contributed by atoms with Crippen molar-refractivity contribution in [3.63, 3.8) is 0 Å². The molecule has 1 unspecified atom stereocenters. The van der Waals surface area contributed by atoms with Crippen LogP contribution in [0.5, 0.6) is 0 Å². The highest BCUT2D eigenvalue weighted by atomic mass is 16.5. The molecule has 1 aliphatic rings. The molecule has 2 heterocycles. The number of para-hydroxylation sites is 1. The van der Waals surface area contributed by atoms with Gasteiger partial charge in [0, 0.05) is 11.5 Å². The molecule has 1 N–H and O–H groups in total. The number of anilines is 1. The fraction of sp³-hybridized carbons (Fsp3) is 0.474. The normalized spacial score (nSPS) is 17.0. The SMILES string of the molecule is CC(=O)c1ccccc1NC(=O)C(C)N1CCC(c2nc(C)no2)CC1. The molecule has 1 aromatic heterocycles. The molecule has 0 spiro atoms. The second-order valence-corrected chi connectivity index (χ2v) is 6.76. The van der Waals surface area contributed by atoms with E-state index in [2.05, 4.69) is 20.4 Å². The Hall–Kier alpha value is -2.54. The minimum Gasteiger partial charge on any atom is -0.339 e. The van der Waals surface area contributed by atoms with Crippen molar-refractivity contribution in [3.8, 4) is 0 Å². The number of aromatic nitrogens is 2. The van der Waals surface area contributed by atoms with Crippen LogP contribution >= 0.6 is 0 Å². The minimum absolute atomic E-state index is 0.0655. The zero-order valence-corrected chi connectivity index (χ0v) is 15.4. The van der Waals surface area contributed by atoms with Crippen LogP contribution in [0.1, 0.15) is 54.7 Å². The first kappa shape index (κ1) is 18.3. The van der Waals surface area contributed by atoms with Crippen molar-refractivity contribution in [2.75, 3.05) is 18.4 Å². The number of carbonyl (C=O) groups excluding carboxylic acids is 2. The molecule has 7 heteroatoms. The predicted molar refractivity (Wildman–Crippen MR) is 97.1 cm³/mol. The molecule has 7 nitrogen and oxygen atoms in total. The number of aryl methyl sites for hydroxylation is 1. The van der Waals surface area contributed by atoms with Gasteiger partial charge >= 0.3 is 0 Å². The van der Waals surface area contributed by atoms with Crippen molar-refractivity contribution in [1.82, 2.24) is 15.0 Å². The molecule has 0 radical (unpaired) electrons. The quantitative estimate of drug-likeness (QED) is 0.829. The summed E-state index contributed by atoms with van der Waals surface area (Å²) in [5.41, 5.74) is 1.09. The van der Waals surface area contributed by atoms with Gasteiger partial charge < -0.3 is 9.84 Å². The standard InChI is InChI=1S/C19H24N4O3/c1-12(18(25)21-17-7-5-4-6-16(17)13(2)24)23-10-8-15(9-11-23)19-20-14(3)22-26-19/h4-7,12,15H,8-11H2,1-3H3,(H,21,25). The highest BCUT2D eigenvalue weighted by Crippen LogP contribution is 2.28. The first-order valence-electron chi connectivity index (χ1n) is 8.90. The number of Topliss-reactive ketones (excluding diaryl/α,β-unsaturated/α-hetero) is 1. The fourth-order valence-corrected chi connectivity index (χ4v) is 3.31. The van der Waals surface area contributed by atoms with Crippen LogP contribution < -0.4 is 5.32 Å². The summed E-state index contributed by atoms with van der Waals surface area (Å²) in [6, 6.07) is 6.80. The number of hydrogen-bond donors (Lipinski definition) is 1. The monoisotopic (exact) mass is 356 g/mol. The molecule has 2 aromatic rings. The van der Waals surface area contributed by atoms with Gasteiger partial charge in [-0.25, -0.2) is 0 Å². The summed E-state index contributed by atoms with van der Waals surface area (Å²) >= 11 is 0. The number of ketones is 1. The Labute approximate surface area is 152 Å². The molecule has 1 atom stereocenters. The number of piperidine rings is 1. The Morgan fingerprint density at radius 1 is 1.27 bits per heavy atom. The van der Waals surface area contributed by atoms with Crippen LogP contribution in [-0.4, -0.2) is 45.9 Å². The number of nitrogens with zero attached hydrogens (tertiary/aromatic N) is 3. The average molecular weight is 356 g/mol. The Bertz CT molecular complexity index is 794. The van der Waals surface area contributed by atoms with Gasteiger partial charge in [-0.2, -0.15) is 4.98 Å². The van der Waals surface area contributed by atoms with Crippen molar-refractivity contribution in [2.45, 2.75) is 45.6 Å². The van der Waals surface area contributed by atoms with Crippen LogP contribution in [0, 0.1) is 6.92 Å². The van der Waals surface area contributed by atoms with E-state index in [1.807, 2.05) is 19.9 Å². The molecule has 3 rings (SSSR count). The lowest BCUT2D eigenvalue weighted by Gasteiger charge is -2.34. The molecule has 1 saturated heterocycles. The van der Waals surface area contributed by atoms with Gasteiger partial charge in [-0.1, -0.05) is 17.3 Å². The van der Waals surface area contributed by atoms with E-state index >= 15 is 0 Å². The predicted octanol–water partition coefficient (Wildman–Crippen LogP) is 2.79. The minimum atomic E-state index is -0.277. The number of likely N-dealkylation sites (tertiary alicyclic amines) is 1. The van der Waals surface area contributed by atoms with Crippen LogP contribution in [0.25, 0.3) is 0 Å². The molecule has 1 amide bonds. The van der Waals surface area contributed by atoms with Crippen LogP contribution in [0.3, 0.4) is 0 Å². The zero-order chi connectivity index (χ0) is 18.7. The number of benzene rings is 1. The summed E-state index contributed by atoms with van der Waals surface area (Å²) in [4.78, 5) is 30.8. The van der Waals surface area contributed by atoms with Gasteiger partial charge in [0.25, 0.3) is 0 Å². The topological polar surface area (TPSA) is 88.3 Å². The molecule has 1 aliphatic heterocycles. The lowest BCUT2D eigenvalue weighted by atomic mass is 9.95. The molecule has 0 aliphatic carbocycles. The number of carbonyl (C=O) groups is 2. The lowest BCUT2D eigenvalue weighted by molar-refractivity contribution is -0.121. The van der Waals surface area contributed by atoms with E-state index in [9.17, 15) is 9.59 Å². The average Bonchev–Trinajstić information content (AvgIpc) is 3.08. The maximum absolute atomic E-state index is 12.6. The van der Waals surface area contributed by atoms with Crippen molar-refractivity contribution >= 4 is 17.4 Å². The van der Waals surface area contributed by atoms with Gasteiger partial charge in [0.2, 0.25) is 11.8 Å². The zero-order valence-electron chi connectivity index (χ0n) is 15.4. The largest absolute Gasteiger partial charge is 0.339 e. The maximum atomic E-state index is 12.6. The molecular weight excluding hydrogens is 332 g/mol. The summed E-state index contributed by atoms with van der Waals surface area (Å²) < 4.78 is 5.27. The Morgan fingerprint density at radius 3 is 2.58 bits per heavy atom.